The Morgan fingerprint density at radius 2 is 1.90 bits per heavy atom. The van der Waals surface area contributed by atoms with E-state index < -0.39 is 5.82 Å². The van der Waals surface area contributed by atoms with E-state index in [4.69, 9.17) is 4.74 Å². The number of aromatic nitrogens is 3. The van der Waals surface area contributed by atoms with Gasteiger partial charge in [-0.2, -0.15) is 5.10 Å². The lowest BCUT2D eigenvalue weighted by atomic mass is 9.77. The number of likely N-dealkylation sites (tertiary alicyclic amines) is 2. The van der Waals surface area contributed by atoms with Crippen molar-refractivity contribution in [2.45, 2.75) is 81.3 Å². The van der Waals surface area contributed by atoms with Gasteiger partial charge in [-0.25, -0.2) is 9.37 Å². The van der Waals surface area contributed by atoms with Crippen LogP contribution in [0.2, 0.25) is 0 Å². The van der Waals surface area contributed by atoms with E-state index in [1.54, 1.807) is 6.07 Å². The van der Waals surface area contributed by atoms with E-state index in [1.807, 2.05) is 16.8 Å². The molecule has 6 rings (SSSR count). The Balaban J connectivity index is 1.07. The number of amides is 3. The molecule has 2 aliphatic heterocycles. The molecule has 1 atom stereocenters. The van der Waals surface area contributed by atoms with Gasteiger partial charge in [-0.05, 0) is 63.9 Å². The molecule has 0 bridgehead atoms. The maximum absolute atomic E-state index is 14.4. The second kappa shape index (κ2) is 9.60. The fourth-order valence-electron chi connectivity index (χ4n) is 6.94. The Bertz CT molecular complexity index is 1300. The normalized spacial score (nSPS) is 27.7. The molecule has 3 amide bonds. The topological polar surface area (TPSA) is 121 Å². The van der Waals surface area contributed by atoms with Crippen LogP contribution >= 0.6 is 0 Å². The molecule has 2 saturated carbocycles. The minimum atomic E-state index is -0.541. The van der Waals surface area contributed by atoms with Gasteiger partial charge < -0.3 is 19.9 Å². The summed E-state index contributed by atoms with van der Waals surface area (Å²) in [7, 11) is 3.37. The summed E-state index contributed by atoms with van der Waals surface area (Å²) in [4.78, 5) is 46.4. The third-order valence-corrected chi connectivity index (χ3v) is 9.62. The highest BCUT2D eigenvalue weighted by molar-refractivity contribution is 5.94. The fourth-order valence-corrected chi connectivity index (χ4v) is 6.94. The van der Waals surface area contributed by atoms with Crippen molar-refractivity contribution in [1.29, 1.82) is 0 Å². The third-order valence-electron chi connectivity index (χ3n) is 9.62. The molecule has 2 aliphatic carbocycles. The number of carbonyl (C=O) groups excluding carboxylic acids is 3. The number of nitrogens with one attached hydrogen (secondary N) is 2. The van der Waals surface area contributed by atoms with E-state index >= 15 is 0 Å². The summed E-state index contributed by atoms with van der Waals surface area (Å²) in [6.07, 6.45) is 9.22. The van der Waals surface area contributed by atoms with Crippen molar-refractivity contribution in [2.75, 3.05) is 20.7 Å². The molecular weight excluding hydrogens is 503 g/mol. The van der Waals surface area contributed by atoms with E-state index in [-0.39, 0.29) is 57.9 Å². The second-order valence-electron chi connectivity index (χ2n) is 11.7. The predicted octanol–water partition coefficient (Wildman–Crippen LogP) is 3.05. The van der Waals surface area contributed by atoms with Crippen LogP contribution in [0.1, 0.15) is 74.7 Å². The Morgan fingerprint density at radius 1 is 1.13 bits per heavy atom. The number of hydrogen-bond acceptors (Lipinski definition) is 6. The first-order chi connectivity index (χ1) is 18.7. The number of ether oxygens (including phenoxy) is 1. The number of aromatic amines is 1. The van der Waals surface area contributed by atoms with Crippen LogP contribution in [0.3, 0.4) is 0 Å². The van der Waals surface area contributed by atoms with Crippen molar-refractivity contribution in [1.82, 2.24) is 30.3 Å². The van der Waals surface area contributed by atoms with Gasteiger partial charge in [0.15, 0.2) is 11.5 Å². The number of piperidine rings is 1. The molecule has 0 aromatic carbocycles. The molecule has 0 radical (unpaired) electrons. The van der Waals surface area contributed by atoms with Crippen LogP contribution in [-0.2, 0) is 9.59 Å². The number of pyridine rings is 1. The van der Waals surface area contributed by atoms with Crippen molar-refractivity contribution in [3.63, 3.8) is 0 Å². The lowest BCUT2D eigenvalue weighted by Gasteiger charge is -2.43. The first-order valence-corrected chi connectivity index (χ1v) is 13.9. The zero-order valence-electron chi connectivity index (χ0n) is 22.5. The number of H-pyrrole nitrogens is 1. The third kappa shape index (κ3) is 4.55. The van der Waals surface area contributed by atoms with Gasteiger partial charge in [0, 0.05) is 54.7 Å². The highest BCUT2D eigenvalue weighted by atomic mass is 19.1. The summed E-state index contributed by atoms with van der Waals surface area (Å²) >= 11 is 0. The monoisotopic (exact) mass is 538 g/mol. The zero-order chi connectivity index (χ0) is 27.4. The van der Waals surface area contributed by atoms with Crippen LogP contribution in [0.25, 0.3) is 11.3 Å². The standard InChI is InChI=1S/C28H35FN6O4/c1-34-24(36)5-9-27(34)7-3-18(4-8-27)31-25(37)17-6-12-35(28(15-17)10-11-28)26(38)22-14-21(32-33-22)19-13-23(39-2)30-16-20(19)29/h13-14,16-18H,3-12,15H2,1-2H3,(H,31,37)(H,32,33)/t17-,18-,27-/m0/s1. The number of rotatable bonds is 5. The van der Waals surface area contributed by atoms with Gasteiger partial charge in [-0.3, -0.25) is 19.5 Å². The summed E-state index contributed by atoms with van der Waals surface area (Å²) in [5, 5.41) is 10.2. The van der Waals surface area contributed by atoms with Crippen LogP contribution in [0.15, 0.2) is 18.3 Å². The minimum Gasteiger partial charge on any atom is -0.481 e. The SMILES string of the molecule is COc1cc(-c2cc(C(=O)N3CC[C@H](C(=O)N[C@H]4CC[C@@]5(CCC(=O)N5C)CC4)CC34CC4)n[nH]2)c(F)cn1. The summed E-state index contributed by atoms with van der Waals surface area (Å²) in [5.41, 5.74) is 0.484. The Morgan fingerprint density at radius 3 is 2.56 bits per heavy atom. The number of methoxy groups -OCH3 is 1. The Labute approximate surface area is 226 Å². The molecule has 4 heterocycles. The molecule has 4 aliphatic rings. The maximum atomic E-state index is 14.4. The Kier molecular flexibility index (Phi) is 6.34. The van der Waals surface area contributed by atoms with Crippen LogP contribution in [-0.4, -0.2) is 80.5 Å². The number of nitrogens with zero attached hydrogens (tertiary/aromatic N) is 4. The van der Waals surface area contributed by atoms with Crippen LogP contribution in [0, 0.1) is 11.7 Å². The molecule has 0 unspecified atom stereocenters. The first-order valence-electron chi connectivity index (χ1n) is 13.9. The lowest BCUT2D eigenvalue weighted by Crippen LogP contribution is -2.53. The molecule has 208 valence electrons. The van der Waals surface area contributed by atoms with E-state index in [2.05, 4.69) is 20.5 Å². The molecule has 10 nitrogen and oxygen atoms in total. The van der Waals surface area contributed by atoms with Gasteiger partial charge in [0.05, 0.1) is 19.0 Å². The summed E-state index contributed by atoms with van der Waals surface area (Å²) in [6.45, 7) is 0.483. The summed E-state index contributed by atoms with van der Waals surface area (Å²) in [6, 6.07) is 3.15. The molecular formula is C28H35FN6O4. The second-order valence-corrected chi connectivity index (χ2v) is 11.7. The minimum absolute atomic E-state index is 0.0244. The smallest absolute Gasteiger partial charge is 0.274 e. The molecule has 4 fully saturated rings. The molecule has 2 N–H and O–H groups in total. The van der Waals surface area contributed by atoms with Gasteiger partial charge in [0.1, 0.15) is 0 Å². The molecule has 2 aromatic heterocycles. The van der Waals surface area contributed by atoms with Gasteiger partial charge in [0.25, 0.3) is 5.91 Å². The first kappa shape index (κ1) is 25.8. The van der Waals surface area contributed by atoms with Gasteiger partial charge in [-0.1, -0.05) is 0 Å². The van der Waals surface area contributed by atoms with E-state index in [0.29, 0.717) is 31.5 Å². The molecule has 39 heavy (non-hydrogen) atoms. The van der Waals surface area contributed by atoms with Crippen molar-refractivity contribution < 1.29 is 23.5 Å². The Hall–Kier alpha value is -3.50. The van der Waals surface area contributed by atoms with Gasteiger partial charge in [0.2, 0.25) is 17.7 Å². The van der Waals surface area contributed by atoms with Crippen molar-refractivity contribution >= 4 is 17.7 Å². The summed E-state index contributed by atoms with van der Waals surface area (Å²) in [5.74, 6) is -0.307. The molecule has 2 spiro atoms. The van der Waals surface area contributed by atoms with E-state index in [0.717, 1.165) is 51.1 Å². The fraction of sp³-hybridized carbons (Fsp3) is 0.607. The summed E-state index contributed by atoms with van der Waals surface area (Å²) < 4.78 is 19.5. The van der Waals surface area contributed by atoms with Crippen molar-refractivity contribution in [3.05, 3.63) is 29.8 Å². The van der Waals surface area contributed by atoms with Gasteiger partial charge in [-0.15, -0.1) is 0 Å². The maximum Gasteiger partial charge on any atom is 0.274 e. The number of halogens is 1. The molecule has 11 heteroatoms. The van der Waals surface area contributed by atoms with E-state index in [9.17, 15) is 18.8 Å². The molecule has 2 aromatic rings. The number of carbonyl (C=O) groups is 3. The lowest BCUT2D eigenvalue weighted by molar-refractivity contribution is -0.131. The number of hydrogen-bond donors (Lipinski definition) is 2. The van der Waals surface area contributed by atoms with Crippen LogP contribution in [0.4, 0.5) is 4.39 Å². The van der Waals surface area contributed by atoms with Crippen molar-refractivity contribution in [3.8, 4) is 17.1 Å². The van der Waals surface area contributed by atoms with Crippen molar-refractivity contribution in [2.24, 2.45) is 5.92 Å². The van der Waals surface area contributed by atoms with E-state index in [1.165, 1.54) is 13.2 Å². The van der Waals surface area contributed by atoms with Crippen LogP contribution < -0.4 is 10.1 Å². The average molecular weight is 539 g/mol. The van der Waals surface area contributed by atoms with Crippen LogP contribution in [0.5, 0.6) is 5.88 Å². The average Bonchev–Trinajstić information content (AvgIpc) is 3.42. The quantitative estimate of drug-likeness (QED) is 0.604. The predicted molar refractivity (Wildman–Crippen MR) is 139 cm³/mol. The van der Waals surface area contributed by atoms with Gasteiger partial charge >= 0.3 is 0 Å². The highest BCUT2D eigenvalue weighted by Gasteiger charge is 2.55. The largest absolute Gasteiger partial charge is 0.481 e. The highest BCUT2D eigenvalue weighted by Crippen LogP contribution is 2.50. The molecule has 2 saturated heterocycles. The zero-order valence-corrected chi connectivity index (χ0v) is 22.5.